The number of aliphatic carboxylic acids is 1. The first-order valence-electron chi connectivity index (χ1n) is 7.68. The first-order chi connectivity index (χ1) is 10.0. The molecule has 21 heavy (non-hydrogen) atoms. The molecule has 0 radical (unpaired) electrons. The molecule has 0 spiro atoms. The number of hydrogen-bond acceptors (Lipinski definition) is 1. The fourth-order valence-electron chi connectivity index (χ4n) is 3.56. The van der Waals surface area contributed by atoms with Crippen LogP contribution in [0.5, 0.6) is 0 Å². The van der Waals surface area contributed by atoms with Gasteiger partial charge in [0.1, 0.15) is 5.82 Å². The minimum atomic E-state index is -0.706. The zero-order valence-corrected chi connectivity index (χ0v) is 13.9. The standard InChI is InChI=1S/C17H22BrFO2/c1-2-3-11-4-6-15(17(20)21)12(8-11)9-13-10-14(19)5-7-16(13)18/h5,7,10-12,15H,2-4,6,8-9H2,1H3,(H,20,21). The molecule has 0 aromatic heterocycles. The van der Waals surface area contributed by atoms with E-state index in [2.05, 4.69) is 22.9 Å². The van der Waals surface area contributed by atoms with Crippen molar-refractivity contribution < 1.29 is 14.3 Å². The molecule has 1 aromatic carbocycles. The predicted octanol–water partition coefficient (Wildman–Crippen LogP) is 5.05. The van der Waals surface area contributed by atoms with Gasteiger partial charge in [-0.2, -0.15) is 0 Å². The van der Waals surface area contributed by atoms with E-state index in [0.717, 1.165) is 42.1 Å². The summed E-state index contributed by atoms with van der Waals surface area (Å²) in [6, 6.07) is 4.64. The molecule has 1 aliphatic carbocycles. The zero-order chi connectivity index (χ0) is 15.4. The van der Waals surface area contributed by atoms with Gasteiger partial charge in [-0.1, -0.05) is 35.7 Å². The lowest BCUT2D eigenvalue weighted by molar-refractivity contribution is -0.145. The molecule has 116 valence electrons. The third kappa shape index (κ3) is 4.29. The molecule has 3 atom stereocenters. The highest BCUT2D eigenvalue weighted by atomic mass is 79.9. The molecule has 0 amide bonds. The number of carboxylic acids is 1. The SMILES string of the molecule is CCCC1CCC(C(=O)O)C(Cc2cc(F)ccc2Br)C1. The Hall–Kier alpha value is -0.900. The van der Waals surface area contributed by atoms with Crippen molar-refractivity contribution >= 4 is 21.9 Å². The van der Waals surface area contributed by atoms with Gasteiger partial charge in [-0.25, -0.2) is 4.39 Å². The molecule has 0 heterocycles. The quantitative estimate of drug-likeness (QED) is 0.801. The van der Waals surface area contributed by atoms with Crippen LogP contribution in [0, 0.1) is 23.6 Å². The van der Waals surface area contributed by atoms with E-state index in [0.29, 0.717) is 12.3 Å². The normalized spacial score (nSPS) is 25.8. The topological polar surface area (TPSA) is 37.3 Å². The Labute approximate surface area is 133 Å². The van der Waals surface area contributed by atoms with Gasteiger partial charge in [-0.3, -0.25) is 4.79 Å². The van der Waals surface area contributed by atoms with Crippen molar-refractivity contribution in [2.75, 3.05) is 0 Å². The zero-order valence-electron chi connectivity index (χ0n) is 12.3. The molecule has 1 fully saturated rings. The largest absolute Gasteiger partial charge is 0.481 e. The van der Waals surface area contributed by atoms with Gasteiger partial charge in [0.15, 0.2) is 0 Å². The fraction of sp³-hybridized carbons (Fsp3) is 0.588. The number of benzene rings is 1. The molecule has 1 aliphatic rings. The summed E-state index contributed by atoms with van der Waals surface area (Å²) < 4.78 is 14.3. The maximum absolute atomic E-state index is 13.4. The predicted molar refractivity (Wildman–Crippen MR) is 84.7 cm³/mol. The van der Waals surface area contributed by atoms with Crippen LogP contribution in [0.3, 0.4) is 0 Å². The van der Waals surface area contributed by atoms with Crippen LogP contribution >= 0.6 is 15.9 Å². The van der Waals surface area contributed by atoms with E-state index in [1.807, 2.05) is 0 Å². The molecule has 0 saturated heterocycles. The van der Waals surface area contributed by atoms with Crippen LogP contribution < -0.4 is 0 Å². The Morgan fingerprint density at radius 2 is 2.19 bits per heavy atom. The van der Waals surface area contributed by atoms with Gasteiger partial charge in [-0.05, 0) is 61.3 Å². The number of carboxylic acid groups (broad SMARTS) is 1. The van der Waals surface area contributed by atoms with Crippen LogP contribution in [0.15, 0.2) is 22.7 Å². The van der Waals surface area contributed by atoms with Crippen LogP contribution in [-0.4, -0.2) is 11.1 Å². The van der Waals surface area contributed by atoms with Gasteiger partial charge in [0.2, 0.25) is 0 Å². The minimum Gasteiger partial charge on any atom is -0.481 e. The van der Waals surface area contributed by atoms with Crippen molar-refractivity contribution in [3.63, 3.8) is 0 Å². The van der Waals surface area contributed by atoms with E-state index in [4.69, 9.17) is 0 Å². The van der Waals surface area contributed by atoms with Crippen molar-refractivity contribution in [2.45, 2.75) is 45.4 Å². The minimum absolute atomic E-state index is 0.103. The second-order valence-corrected chi connectivity index (χ2v) is 6.97. The molecule has 2 rings (SSSR count). The van der Waals surface area contributed by atoms with Crippen LogP contribution in [0.1, 0.15) is 44.6 Å². The first kappa shape index (κ1) is 16.5. The summed E-state index contributed by atoms with van der Waals surface area (Å²) in [5.41, 5.74) is 0.878. The van der Waals surface area contributed by atoms with Gasteiger partial charge in [0, 0.05) is 4.47 Å². The highest BCUT2D eigenvalue weighted by Crippen LogP contribution is 2.39. The molecule has 0 bridgehead atoms. The second-order valence-electron chi connectivity index (χ2n) is 6.11. The van der Waals surface area contributed by atoms with E-state index in [1.54, 1.807) is 6.07 Å². The lowest BCUT2D eigenvalue weighted by atomic mass is 9.70. The van der Waals surface area contributed by atoms with Crippen molar-refractivity contribution in [2.24, 2.45) is 17.8 Å². The summed E-state index contributed by atoms with van der Waals surface area (Å²) in [4.78, 5) is 11.5. The highest BCUT2D eigenvalue weighted by Gasteiger charge is 2.34. The average molecular weight is 357 g/mol. The van der Waals surface area contributed by atoms with Crippen LogP contribution in [0.25, 0.3) is 0 Å². The van der Waals surface area contributed by atoms with E-state index in [1.165, 1.54) is 12.1 Å². The number of carbonyl (C=O) groups is 1. The summed E-state index contributed by atoms with van der Waals surface area (Å²) in [6.07, 6.45) is 5.62. The van der Waals surface area contributed by atoms with Crippen molar-refractivity contribution in [3.8, 4) is 0 Å². The van der Waals surface area contributed by atoms with Crippen molar-refractivity contribution in [1.29, 1.82) is 0 Å². The Kier molecular flexibility index (Phi) is 5.80. The van der Waals surface area contributed by atoms with Crippen LogP contribution in [0.4, 0.5) is 4.39 Å². The molecule has 0 aliphatic heterocycles. The highest BCUT2D eigenvalue weighted by molar-refractivity contribution is 9.10. The van der Waals surface area contributed by atoms with Crippen LogP contribution in [-0.2, 0) is 11.2 Å². The molecule has 3 unspecified atom stereocenters. The van der Waals surface area contributed by atoms with E-state index < -0.39 is 5.97 Å². The maximum Gasteiger partial charge on any atom is 0.306 e. The smallest absolute Gasteiger partial charge is 0.306 e. The van der Waals surface area contributed by atoms with Gasteiger partial charge < -0.3 is 5.11 Å². The maximum atomic E-state index is 13.4. The summed E-state index contributed by atoms with van der Waals surface area (Å²) in [7, 11) is 0. The van der Waals surface area contributed by atoms with E-state index in [9.17, 15) is 14.3 Å². The number of halogens is 2. The third-order valence-electron chi connectivity index (χ3n) is 4.60. The molecule has 1 saturated carbocycles. The Morgan fingerprint density at radius 3 is 2.86 bits per heavy atom. The first-order valence-corrected chi connectivity index (χ1v) is 8.47. The Bertz CT molecular complexity index is 504. The summed E-state index contributed by atoms with van der Waals surface area (Å²) in [5.74, 6) is -0.550. The summed E-state index contributed by atoms with van der Waals surface area (Å²) >= 11 is 3.45. The summed E-state index contributed by atoms with van der Waals surface area (Å²) in [5, 5.41) is 9.44. The van der Waals surface area contributed by atoms with Crippen molar-refractivity contribution in [3.05, 3.63) is 34.1 Å². The molecule has 2 nitrogen and oxygen atoms in total. The summed E-state index contributed by atoms with van der Waals surface area (Å²) in [6.45, 7) is 2.17. The monoisotopic (exact) mass is 356 g/mol. The molecular formula is C17H22BrFO2. The lowest BCUT2D eigenvalue weighted by Gasteiger charge is -2.34. The third-order valence-corrected chi connectivity index (χ3v) is 5.37. The van der Waals surface area contributed by atoms with Gasteiger partial charge in [0.25, 0.3) is 0 Å². The van der Waals surface area contributed by atoms with E-state index in [-0.39, 0.29) is 17.7 Å². The Balaban J connectivity index is 2.15. The van der Waals surface area contributed by atoms with E-state index >= 15 is 0 Å². The van der Waals surface area contributed by atoms with Crippen LogP contribution in [0.2, 0.25) is 0 Å². The van der Waals surface area contributed by atoms with Gasteiger partial charge in [0.05, 0.1) is 5.92 Å². The second kappa shape index (κ2) is 7.39. The average Bonchev–Trinajstić information content (AvgIpc) is 2.43. The fourth-order valence-corrected chi connectivity index (χ4v) is 3.97. The molecule has 1 aromatic rings. The number of rotatable bonds is 5. The number of hydrogen-bond donors (Lipinski definition) is 1. The lowest BCUT2D eigenvalue weighted by Crippen LogP contribution is -2.32. The van der Waals surface area contributed by atoms with Crippen molar-refractivity contribution in [1.82, 2.24) is 0 Å². The Morgan fingerprint density at radius 1 is 1.43 bits per heavy atom. The molecule has 4 heteroatoms. The molecular weight excluding hydrogens is 335 g/mol. The van der Waals surface area contributed by atoms with Gasteiger partial charge >= 0.3 is 5.97 Å². The molecule has 1 N–H and O–H groups in total. The van der Waals surface area contributed by atoms with Gasteiger partial charge in [-0.15, -0.1) is 0 Å².